The molecule has 0 atom stereocenters. The van der Waals surface area contributed by atoms with Crippen molar-refractivity contribution >= 4 is 23.2 Å². The first kappa shape index (κ1) is 17.4. The van der Waals surface area contributed by atoms with Gasteiger partial charge in [0.05, 0.1) is 31.7 Å². The van der Waals surface area contributed by atoms with Gasteiger partial charge in [-0.1, -0.05) is 30.3 Å². The van der Waals surface area contributed by atoms with Crippen molar-refractivity contribution in [3.8, 4) is 11.5 Å². The van der Waals surface area contributed by atoms with E-state index < -0.39 is 0 Å². The number of rotatable bonds is 6. The zero-order valence-corrected chi connectivity index (χ0v) is 14.6. The molecule has 1 amide bonds. The first-order valence-corrected chi connectivity index (χ1v) is 8.05. The Labute approximate surface area is 151 Å². The van der Waals surface area contributed by atoms with E-state index in [1.165, 1.54) is 0 Å². The van der Waals surface area contributed by atoms with Crippen LogP contribution in [-0.4, -0.2) is 20.1 Å². The summed E-state index contributed by atoms with van der Waals surface area (Å²) in [6.45, 7) is 0. The third kappa shape index (κ3) is 3.95. The molecule has 0 saturated heterocycles. The lowest BCUT2D eigenvalue weighted by atomic mass is 10.0. The van der Waals surface area contributed by atoms with Crippen LogP contribution in [0.3, 0.4) is 0 Å². The Bertz CT molecular complexity index is 899. The van der Waals surface area contributed by atoms with Crippen LogP contribution in [-0.2, 0) is 4.79 Å². The number of benzene rings is 2. The second kappa shape index (κ2) is 8.07. The molecule has 0 spiro atoms. The average molecular weight is 349 g/mol. The van der Waals surface area contributed by atoms with Gasteiger partial charge in [-0.3, -0.25) is 4.79 Å². The maximum absolute atomic E-state index is 13.0. The van der Waals surface area contributed by atoms with Crippen molar-refractivity contribution in [2.75, 3.05) is 19.5 Å². The smallest absolute Gasteiger partial charge is 0.256 e. The fraction of sp³-hybridized carbons (Fsp3) is 0.0952. The molecule has 132 valence electrons. The van der Waals surface area contributed by atoms with Crippen molar-refractivity contribution in [2.45, 2.75) is 0 Å². The molecular weight excluding hydrogens is 330 g/mol. The van der Waals surface area contributed by atoms with E-state index in [4.69, 9.17) is 13.9 Å². The van der Waals surface area contributed by atoms with Crippen LogP contribution in [0.5, 0.6) is 11.5 Å². The van der Waals surface area contributed by atoms with Crippen LogP contribution in [0.2, 0.25) is 0 Å². The molecule has 0 fully saturated rings. The van der Waals surface area contributed by atoms with Crippen LogP contribution >= 0.6 is 0 Å². The number of methoxy groups -OCH3 is 2. The maximum atomic E-state index is 13.0. The molecule has 0 unspecified atom stereocenters. The molecule has 0 aliphatic rings. The second-order valence-electron chi connectivity index (χ2n) is 5.46. The molecule has 5 heteroatoms. The molecule has 0 aliphatic heterocycles. The van der Waals surface area contributed by atoms with Crippen LogP contribution in [0.4, 0.5) is 5.69 Å². The zero-order chi connectivity index (χ0) is 18.4. The Hall–Kier alpha value is -3.47. The first-order chi connectivity index (χ1) is 12.7. The first-order valence-electron chi connectivity index (χ1n) is 8.05. The van der Waals surface area contributed by atoms with E-state index in [-0.39, 0.29) is 5.91 Å². The summed E-state index contributed by atoms with van der Waals surface area (Å²) >= 11 is 0. The Kier molecular flexibility index (Phi) is 5.39. The van der Waals surface area contributed by atoms with Gasteiger partial charge in [0.1, 0.15) is 17.3 Å². The van der Waals surface area contributed by atoms with Crippen LogP contribution < -0.4 is 14.8 Å². The van der Waals surface area contributed by atoms with Crippen LogP contribution in [0.1, 0.15) is 11.3 Å². The Morgan fingerprint density at radius 3 is 2.46 bits per heavy atom. The van der Waals surface area contributed by atoms with Gasteiger partial charge in [0.25, 0.3) is 5.91 Å². The number of carbonyl (C=O) groups excluding carboxylic acids is 1. The molecule has 26 heavy (non-hydrogen) atoms. The van der Waals surface area contributed by atoms with E-state index >= 15 is 0 Å². The predicted octanol–water partition coefficient (Wildman–Crippen LogP) is 4.48. The Morgan fingerprint density at radius 1 is 1.00 bits per heavy atom. The maximum Gasteiger partial charge on any atom is 0.256 e. The number of nitrogens with one attached hydrogen (secondary N) is 1. The van der Waals surface area contributed by atoms with Gasteiger partial charge >= 0.3 is 0 Å². The summed E-state index contributed by atoms with van der Waals surface area (Å²) in [6, 6.07) is 18.2. The number of anilines is 1. The Morgan fingerprint density at radius 2 is 1.81 bits per heavy atom. The summed E-state index contributed by atoms with van der Waals surface area (Å²) in [5.41, 5.74) is 1.83. The largest absolute Gasteiger partial charge is 0.497 e. The van der Waals surface area contributed by atoms with Gasteiger partial charge in [-0.25, -0.2) is 0 Å². The summed E-state index contributed by atoms with van der Waals surface area (Å²) in [6.07, 6.45) is 3.28. The molecule has 3 aromatic rings. The number of amides is 1. The molecule has 1 aromatic heterocycles. The van der Waals surface area contributed by atoms with Crippen molar-refractivity contribution in [3.63, 3.8) is 0 Å². The number of hydrogen-bond donors (Lipinski definition) is 1. The molecule has 1 heterocycles. The lowest BCUT2D eigenvalue weighted by molar-refractivity contribution is -0.111. The van der Waals surface area contributed by atoms with E-state index in [2.05, 4.69) is 5.32 Å². The third-order valence-electron chi connectivity index (χ3n) is 3.82. The van der Waals surface area contributed by atoms with E-state index in [1.807, 2.05) is 30.3 Å². The fourth-order valence-electron chi connectivity index (χ4n) is 2.50. The summed E-state index contributed by atoms with van der Waals surface area (Å²) < 4.78 is 15.9. The molecule has 0 bridgehead atoms. The lowest BCUT2D eigenvalue weighted by Gasteiger charge is -2.13. The van der Waals surface area contributed by atoms with E-state index in [9.17, 15) is 4.79 Å². The minimum atomic E-state index is -0.268. The summed E-state index contributed by atoms with van der Waals surface area (Å²) in [5.74, 6) is 1.49. The van der Waals surface area contributed by atoms with Crippen molar-refractivity contribution in [3.05, 3.63) is 78.3 Å². The highest BCUT2D eigenvalue weighted by Gasteiger charge is 2.15. The quantitative estimate of drug-likeness (QED) is 0.667. The summed E-state index contributed by atoms with van der Waals surface area (Å²) in [5, 5.41) is 2.89. The van der Waals surface area contributed by atoms with Crippen LogP contribution in [0.15, 0.2) is 71.3 Å². The Balaban J connectivity index is 1.94. The lowest BCUT2D eigenvalue weighted by Crippen LogP contribution is -2.14. The molecule has 0 saturated carbocycles. The molecule has 0 radical (unpaired) electrons. The van der Waals surface area contributed by atoms with Crippen molar-refractivity contribution in [1.29, 1.82) is 0 Å². The van der Waals surface area contributed by atoms with E-state index in [0.29, 0.717) is 28.5 Å². The van der Waals surface area contributed by atoms with Gasteiger partial charge < -0.3 is 19.2 Å². The van der Waals surface area contributed by atoms with E-state index in [0.717, 1.165) is 5.56 Å². The van der Waals surface area contributed by atoms with E-state index in [1.54, 1.807) is 56.9 Å². The summed E-state index contributed by atoms with van der Waals surface area (Å²) in [4.78, 5) is 13.0. The van der Waals surface area contributed by atoms with Gasteiger partial charge in [0.15, 0.2) is 0 Å². The average Bonchev–Trinajstić information content (AvgIpc) is 3.20. The minimum Gasteiger partial charge on any atom is -0.497 e. The normalized spacial score (nSPS) is 11.1. The van der Waals surface area contributed by atoms with Crippen LogP contribution in [0.25, 0.3) is 11.6 Å². The SMILES string of the molecule is COc1ccc(NC(=O)/C(=C/c2ccco2)c2ccccc2)c(OC)c1. The standard InChI is InChI=1S/C21H19NO4/c1-24-16-10-11-19(20(14-16)25-2)22-21(23)18(13-17-9-6-12-26-17)15-7-4-3-5-8-15/h3-14H,1-2H3,(H,22,23)/b18-13+. The fourth-order valence-corrected chi connectivity index (χ4v) is 2.50. The van der Waals surface area contributed by atoms with Gasteiger partial charge in [-0.05, 0) is 35.9 Å². The molecule has 2 aromatic carbocycles. The van der Waals surface area contributed by atoms with Gasteiger partial charge in [0.2, 0.25) is 0 Å². The zero-order valence-electron chi connectivity index (χ0n) is 14.6. The highest BCUT2D eigenvalue weighted by molar-refractivity contribution is 6.29. The number of hydrogen-bond acceptors (Lipinski definition) is 4. The molecule has 0 aliphatic carbocycles. The monoisotopic (exact) mass is 349 g/mol. The third-order valence-corrected chi connectivity index (χ3v) is 3.82. The number of ether oxygens (including phenoxy) is 2. The molecule has 3 rings (SSSR count). The van der Waals surface area contributed by atoms with Gasteiger partial charge in [-0.2, -0.15) is 0 Å². The topological polar surface area (TPSA) is 60.7 Å². The van der Waals surface area contributed by atoms with Gasteiger partial charge in [0, 0.05) is 6.07 Å². The second-order valence-corrected chi connectivity index (χ2v) is 5.46. The molecule has 5 nitrogen and oxygen atoms in total. The highest BCUT2D eigenvalue weighted by atomic mass is 16.5. The van der Waals surface area contributed by atoms with Crippen molar-refractivity contribution in [1.82, 2.24) is 0 Å². The summed E-state index contributed by atoms with van der Waals surface area (Å²) in [7, 11) is 3.12. The van der Waals surface area contributed by atoms with Crippen LogP contribution in [0, 0.1) is 0 Å². The van der Waals surface area contributed by atoms with Gasteiger partial charge in [-0.15, -0.1) is 0 Å². The predicted molar refractivity (Wildman–Crippen MR) is 101 cm³/mol. The minimum absolute atomic E-state index is 0.268. The molecule has 1 N–H and O–H groups in total. The number of carbonyl (C=O) groups is 1. The van der Waals surface area contributed by atoms with Crippen molar-refractivity contribution < 1.29 is 18.7 Å². The van der Waals surface area contributed by atoms with Crippen molar-refractivity contribution in [2.24, 2.45) is 0 Å². The number of furan rings is 1. The molecular formula is C21H19NO4. The highest BCUT2D eigenvalue weighted by Crippen LogP contribution is 2.30.